The minimum atomic E-state index is 0. The molecule has 0 aliphatic rings. The summed E-state index contributed by atoms with van der Waals surface area (Å²) < 4.78 is 0.957. The van der Waals surface area contributed by atoms with Crippen molar-refractivity contribution in [2.75, 3.05) is 0 Å². The number of aromatic nitrogens is 1. The molecule has 0 bridgehead atoms. The van der Waals surface area contributed by atoms with E-state index in [1.807, 2.05) is 13.8 Å². The Labute approximate surface area is 124 Å². The number of hydrogen-bond donors (Lipinski definition) is 1. The minimum absolute atomic E-state index is 0. The monoisotopic (exact) mass is 205 g/mol. The zero-order valence-corrected chi connectivity index (χ0v) is 12.0. The van der Waals surface area contributed by atoms with Crippen LogP contribution in [0.15, 0.2) is 24.5 Å². The van der Waals surface area contributed by atoms with E-state index in [-0.39, 0.29) is 58.8 Å². The molecule has 0 fully saturated rings. The maximum absolute atomic E-state index is 8.79. The zero-order valence-electron chi connectivity index (χ0n) is 8.86. The Kier molecular flexibility index (Phi) is 18.0. The van der Waals surface area contributed by atoms with Gasteiger partial charge in [0.15, 0.2) is 6.20 Å². The van der Waals surface area contributed by atoms with Crippen molar-refractivity contribution in [2.45, 2.75) is 13.8 Å². The molecular formula is C10H16KNO. The minimum Gasteiger partial charge on any atom is -0.358 e. The van der Waals surface area contributed by atoms with Crippen molar-refractivity contribution in [1.82, 2.24) is 0 Å². The van der Waals surface area contributed by atoms with E-state index in [0.29, 0.717) is 0 Å². The van der Waals surface area contributed by atoms with E-state index in [0.717, 1.165) is 10.3 Å². The molecule has 68 valence electrons. The molecule has 1 aromatic heterocycles. The molecule has 0 aromatic carbocycles. The number of hydrogen-bond acceptors (Lipinski definition) is 1. The van der Waals surface area contributed by atoms with Crippen molar-refractivity contribution in [1.29, 1.82) is 0 Å². The van der Waals surface area contributed by atoms with Gasteiger partial charge in [0.1, 0.15) is 0 Å². The van der Waals surface area contributed by atoms with Crippen molar-refractivity contribution in [3.63, 3.8) is 0 Å². The van der Waals surface area contributed by atoms with Crippen LogP contribution in [0.2, 0.25) is 0 Å². The van der Waals surface area contributed by atoms with E-state index in [1.54, 1.807) is 12.1 Å². The molecule has 0 radical (unpaired) electrons. The van der Waals surface area contributed by atoms with Gasteiger partial charge >= 0.3 is 51.4 Å². The van der Waals surface area contributed by atoms with E-state index < -0.39 is 0 Å². The van der Waals surface area contributed by atoms with Gasteiger partial charge in [-0.3, -0.25) is 11.8 Å². The van der Waals surface area contributed by atoms with Crippen LogP contribution in [-0.2, 0) is 0 Å². The number of rotatable bonds is 1. The van der Waals surface area contributed by atoms with Crippen molar-refractivity contribution in [2.24, 2.45) is 0 Å². The summed E-state index contributed by atoms with van der Waals surface area (Å²) in [5.41, 5.74) is 0.792. The van der Waals surface area contributed by atoms with Crippen molar-refractivity contribution >= 4 is 6.08 Å². The summed E-state index contributed by atoms with van der Waals surface area (Å²) in [4.78, 5) is 0. The van der Waals surface area contributed by atoms with Gasteiger partial charge in [-0.05, 0) is 10.8 Å². The molecule has 1 rings (SSSR count). The Hall–Kier alpha value is 0.326. The third-order valence-corrected chi connectivity index (χ3v) is 1.00. The van der Waals surface area contributed by atoms with Gasteiger partial charge in [0.25, 0.3) is 0 Å². The van der Waals surface area contributed by atoms with Crippen molar-refractivity contribution in [3.05, 3.63) is 44.1 Å². The standard InChI is InChI=1S/C7H7NO.C2H6.CH3.K/c1-2-7-4-3-5-8(9)6-7;1-2;;/h1-6,9H;1-2H3;1H3;/q;;-1;+1. The van der Waals surface area contributed by atoms with E-state index in [2.05, 4.69) is 0 Å². The van der Waals surface area contributed by atoms with E-state index >= 15 is 0 Å². The molecule has 3 heteroatoms. The van der Waals surface area contributed by atoms with E-state index in [9.17, 15) is 0 Å². The predicted octanol–water partition coefficient (Wildman–Crippen LogP) is -0.862. The molecule has 0 aliphatic heterocycles. The maximum Gasteiger partial charge on any atom is 1.00 e. The van der Waals surface area contributed by atoms with Crippen molar-refractivity contribution in [3.8, 4) is 0 Å². The fourth-order valence-corrected chi connectivity index (χ4v) is 0.580. The smallest absolute Gasteiger partial charge is 0.358 e. The molecule has 0 aliphatic carbocycles. The Morgan fingerprint density at radius 1 is 1.46 bits per heavy atom. The van der Waals surface area contributed by atoms with Gasteiger partial charge in [0.05, 0.1) is 0 Å². The molecular weight excluding hydrogens is 189 g/mol. The average Bonchev–Trinajstić information content (AvgIpc) is 2.08. The molecule has 1 N–H and O–H groups in total. The SMILES string of the molecule is CC.[CH-]=Cc1ccc[n+](O)c1.[CH3-].[K+]. The van der Waals surface area contributed by atoms with Crippen LogP contribution < -0.4 is 56.1 Å². The quantitative estimate of drug-likeness (QED) is 0.274. The Bertz CT molecular complexity index is 226. The summed E-state index contributed by atoms with van der Waals surface area (Å²) in [5, 5.41) is 8.79. The van der Waals surface area contributed by atoms with Crippen LogP contribution in [-0.4, -0.2) is 5.21 Å². The zero-order chi connectivity index (χ0) is 8.69. The second-order valence-corrected chi connectivity index (χ2v) is 1.68. The molecule has 0 saturated heterocycles. The van der Waals surface area contributed by atoms with Crippen molar-refractivity contribution < 1.29 is 61.3 Å². The normalized spacial score (nSPS) is 6.62. The Morgan fingerprint density at radius 2 is 2.00 bits per heavy atom. The molecule has 0 amide bonds. The van der Waals surface area contributed by atoms with Gasteiger partial charge in [0, 0.05) is 0 Å². The molecule has 13 heavy (non-hydrogen) atoms. The summed E-state index contributed by atoms with van der Waals surface area (Å²) in [6.45, 7) is 9.17. The first kappa shape index (κ1) is 19.0. The summed E-state index contributed by atoms with van der Waals surface area (Å²) >= 11 is 0. The van der Waals surface area contributed by atoms with Crippen LogP contribution >= 0.6 is 0 Å². The van der Waals surface area contributed by atoms with Gasteiger partial charge in [0.2, 0.25) is 6.20 Å². The maximum atomic E-state index is 8.79. The molecule has 0 spiro atoms. The second kappa shape index (κ2) is 12.3. The van der Waals surface area contributed by atoms with Crippen LogP contribution in [0, 0.1) is 14.0 Å². The summed E-state index contributed by atoms with van der Waals surface area (Å²) in [6, 6.07) is 3.51. The van der Waals surface area contributed by atoms with Gasteiger partial charge in [-0.2, -0.15) is 0 Å². The van der Waals surface area contributed by atoms with Crippen LogP contribution in [0.25, 0.3) is 6.08 Å². The Balaban J connectivity index is -0.000000234. The molecule has 0 saturated carbocycles. The average molecular weight is 205 g/mol. The van der Waals surface area contributed by atoms with E-state index in [1.165, 1.54) is 18.5 Å². The number of nitrogens with zero attached hydrogens (tertiary/aromatic N) is 1. The summed E-state index contributed by atoms with van der Waals surface area (Å²) in [5.74, 6) is 0. The van der Waals surface area contributed by atoms with Crippen LogP contribution in [0.5, 0.6) is 0 Å². The first-order valence-corrected chi connectivity index (χ1v) is 3.58. The van der Waals surface area contributed by atoms with E-state index in [4.69, 9.17) is 11.8 Å². The summed E-state index contributed by atoms with van der Waals surface area (Å²) in [6.07, 6.45) is 4.46. The third kappa shape index (κ3) is 8.65. The van der Waals surface area contributed by atoms with Crippen LogP contribution in [0.3, 0.4) is 0 Å². The van der Waals surface area contributed by atoms with Gasteiger partial charge in [-0.25, -0.2) is 6.08 Å². The largest absolute Gasteiger partial charge is 1.00 e. The predicted molar refractivity (Wildman–Crippen MR) is 50.3 cm³/mol. The second-order valence-electron chi connectivity index (χ2n) is 1.68. The molecule has 0 atom stereocenters. The first-order chi connectivity index (χ1) is 5.33. The molecule has 0 unspecified atom stereocenters. The Morgan fingerprint density at radius 3 is 2.31 bits per heavy atom. The molecule has 1 aromatic rings. The summed E-state index contributed by atoms with van der Waals surface area (Å²) in [7, 11) is 0. The fraction of sp³-hybridized carbons (Fsp3) is 0.200. The number of pyridine rings is 1. The first-order valence-electron chi connectivity index (χ1n) is 3.58. The molecule has 2 nitrogen and oxygen atoms in total. The molecule has 1 heterocycles. The van der Waals surface area contributed by atoms with Crippen LogP contribution in [0.1, 0.15) is 19.4 Å². The van der Waals surface area contributed by atoms with Gasteiger partial charge in [-0.1, -0.05) is 13.8 Å². The third-order valence-electron chi connectivity index (χ3n) is 1.00. The van der Waals surface area contributed by atoms with Crippen LogP contribution in [0.4, 0.5) is 0 Å². The topological polar surface area (TPSA) is 24.1 Å². The van der Waals surface area contributed by atoms with Gasteiger partial charge < -0.3 is 7.43 Å². The fourth-order valence-electron chi connectivity index (χ4n) is 0.580. The van der Waals surface area contributed by atoms with Gasteiger partial charge in [-0.15, -0.1) is 11.6 Å².